The second-order valence-electron chi connectivity index (χ2n) is 7.73. The first-order chi connectivity index (χ1) is 16.0. The van der Waals surface area contributed by atoms with E-state index < -0.39 is 0 Å². The van der Waals surface area contributed by atoms with Crippen LogP contribution in [-0.2, 0) is 4.74 Å². The van der Waals surface area contributed by atoms with Crippen LogP contribution in [-0.4, -0.2) is 32.0 Å². The summed E-state index contributed by atoms with van der Waals surface area (Å²) in [5, 5.41) is 0. The maximum atomic E-state index is 13.0. The number of carbonyl (C=O) groups excluding carboxylic acids is 1. The van der Waals surface area contributed by atoms with Gasteiger partial charge in [0.15, 0.2) is 17.8 Å². The van der Waals surface area contributed by atoms with Gasteiger partial charge in [-0.1, -0.05) is 36.4 Å². The molecular formula is C27H22N4O2. The minimum Gasteiger partial charge on any atom is -0.442 e. The molecule has 6 nitrogen and oxygen atoms in total. The van der Waals surface area contributed by atoms with E-state index in [-0.39, 0.29) is 11.5 Å². The number of aryl methyl sites for hydroxylation is 1. The highest BCUT2D eigenvalue weighted by molar-refractivity contribution is 6.26. The largest absolute Gasteiger partial charge is 0.442 e. The van der Waals surface area contributed by atoms with Crippen molar-refractivity contribution in [2.75, 3.05) is 19.0 Å². The summed E-state index contributed by atoms with van der Waals surface area (Å²) in [7, 11) is 3.99. The summed E-state index contributed by atoms with van der Waals surface area (Å²) in [4.78, 5) is 27.4. The Hall–Kier alpha value is -4.50. The molecule has 0 saturated heterocycles. The van der Waals surface area contributed by atoms with Gasteiger partial charge in [0.2, 0.25) is 5.78 Å². The van der Waals surface area contributed by atoms with Crippen LogP contribution in [0.1, 0.15) is 21.5 Å². The predicted molar refractivity (Wildman–Crippen MR) is 132 cm³/mol. The molecule has 0 aliphatic heterocycles. The summed E-state index contributed by atoms with van der Waals surface area (Å²) < 4.78 is 5.63. The van der Waals surface area contributed by atoms with Gasteiger partial charge in [-0.25, -0.2) is 14.8 Å². The van der Waals surface area contributed by atoms with Crippen LogP contribution in [0.25, 0.3) is 4.85 Å². The Balaban J connectivity index is 1.67. The zero-order valence-electron chi connectivity index (χ0n) is 18.6. The molecule has 0 unspecified atom stereocenters. The number of benzene rings is 3. The van der Waals surface area contributed by atoms with Gasteiger partial charge in [0.05, 0.1) is 23.7 Å². The molecule has 3 aromatic carbocycles. The number of hydrogen-bond donors (Lipinski definition) is 0. The summed E-state index contributed by atoms with van der Waals surface area (Å²) in [5.74, 6) is -0.0735. The van der Waals surface area contributed by atoms with Crippen LogP contribution in [0.15, 0.2) is 88.6 Å². The molecule has 0 spiro atoms. The number of fused-ring (bicyclic) bond motifs is 1. The van der Waals surface area contributed by atoms with Crippen LogP contribution in [0.3, 0.4) is 0 Å². The van der Waals surface area contributed by atoms with Crippen molar-refractivity contribution in [2.45, 2.75) is 6.92 Å². The highest BCUT2D eigenvalue weighted by Gasteiger charge is 2.25. The van der Waals surface area contributed by atoms with Crippen molar-refractivity contribution in [2.24, 2.45) is 9.98 Å². The summed E-state index contributed by atoms with van der Waals surface area (Å²) in [6.45, 7) is 9.03. The second kappa shape index (κ2) is 9.33. The van der Waals surface area contributed by atoms with Crippen LogP contribution in [0, 0.1) is 13.5 Å². The molecule has 0 fully saturated rings. The average molecular weight is 434 g/mol. The first-order valence-electron chi connectivity index (χ1n) is 10.4. The van der Waals surface area contributed by atoms with Crippen molar-refractivity contribution < 1.29 is 9.53 Å². The molecule has 162 valence electrons. The van der Waals surface area contributed by atoms with Gasteiger partial charge in [0.25, 0.3) is 0 Å². The van der Waals surface area contributed by atoms with Gasteiger partial charge in [-0.3, -0.25) is 4.79 Å². The molecule has 1 aliphatic rings. The van der Waals surface area contributed by atoms with Crippen molar-refractivity contribution in [1.29, 1.82) is 0 Å². The molecule has 0 heterocycles. The first kappa shape index (κ1) is 21.7. The van der Waals surface area contributed by atoms with Crippen molar-refractivity contribution in [3.05, 3.63) is 107 Å². The number of allylic oxidation sites excluding steroid dienone is 2. The van der Waals surface area contributed by atoms with Gasteiger partial charge in [-0.15, -0.1) is 0 Å². The van der Waals surface area contributed by atoms with Gasteiger partial charge in [0, 0.05) is 37.0 Å². The number of nitrogens with zero attached hydrogens (tertiary/aromatic N) is 4. The van der Waals surface area contributed by atoms with E-state index in [0.717, 1.165) is 22.5 Å². The van der Waals surface area contributed by atoms with E-state index in [1.807, 2.05) is 56.3 Å². The molecule has 1 aliphatic carbocycles. The van der Waals surface area contributed by atoms with Gasteiger partial charge < -0.3 is 9.64 Å². The lowest BCUT2D eigenvalue weighted by Gasteiger charge is -2.17. The topological polar surface area (TPSA) is 58.6 Å². The van der Waals surface area contributed by atoms with E-state index in [2.05, 4.69) is 15.9 Å². The molecule has 0 saturated carbocycles. The summed E-state index contributed by atoms with van der Waals surface area (Å²) >= 11 is 0. The fourth-order valence-corrected chi connectivity index (χ4v) is 3.41. The number of anilines is 1. The minimum absolute atomic E-state index is 0.150. The molecule has 33 heavy (non-hydrogen) atoms. The molecule has 0 aromatic heterocycles. The van der Waals surface area contributed by atoms with E-state index in [9.17, 15) is 4.79 Å². The van der Waals surface area contributed by atoms with E-state index in [0.29, 0.717) is 22.6 Å². The van der Waals surface area contributed by atoms with Gasteiger partial charge in [-0.2, -0.15) is 0 Å². The second-order valence-corrected chi connectivity index (χ2v) is 7.73. The minimum atomic E-state index is -0.223. The molecule has 0 bridgehead atoms. The number of ketones is 1. The van der Waals surface area contributed by atoms with Crippen molar-refractivity contribution in [3.63, 3.8) is 0 Å². The number of ether oxygens (including phenoxy) is 1. The number of aliphatic imine (C=N–C) groups is 2. The highest BCUT2D eigenvalue weighted by Crippen LogP contribution is 2.28. The van der Waals surface area contributed by atoms with E-state index >= 15 is 0 Å². The van der Waals surface area contributed by atoms with Gasteiger partial charge in [0.1, 0.15) is 0 Å². The lowest BCUT2D eigenvalue weighted by Crippen LogP contribution is -2.19. The highest BCUT2D eigenvalue weighted by atomic mass is 16.5. The Labute approximate surface area is 193 Å². The smallest absolute Gasteiger partial charge is 0.229 e. The van der Waals surface area contributed by atoms with Crippen LogP contribution >= 0.6 is 0 Å². The van der Waals surface area contributed by atoms with Crippen molar-refractivity contribution in [1.82, 2.24) is 0 Å². The quantitative estimate of drug-likeness (QED) is 0.273. The zero-order chi connectivity index (χ0) is 23.4. The number of rotatable bonds is 5. The predicted octanol–water partition coefficient (Wildman–Crippen LogP) is 6.19. The maximum Gasteiger partial charge on any atom is 0.229 e. The lowest BCUT2D eigenvalue weighted by molar-refractivity contribution is 0.0983. The van der Waals surface area contributed by atoms with Crippen LogP contribution in [0.4, 0.5) is 22.7 Å². The van der Waals surface area contributed by atoms with Gasteiger partial charge >= 0.3 is 0 Å². The Morgan fingerprint density at radius 2 is 1.73 bits per heavy atom. The van der Waals surface area contributed by atoms with E-state index in [1.165, 1.54) is 6.40 Å². The molecule has 0 amide bonds. The van der Waals surface area contributed by atoms with E-state index in [4.69, 9.17) is 16.3 Å². The SMILES string of the molecule is [C-]#[N+]c1ccc(N=COC2=CC(=Nc3ccc(N(C)C)cc3C)c3ccccc3C2=O)cc1. The molecule has 0 atom stereocenters. The van der Waals surface area contributed by atoms with Crippen molar-refractivity contribution >= 4 is 40.6 Å². The number of hydrogen-bond acceptors (Lipinski definition) is 5. The summed E-state index contributed by atoms with van der Waals surface area (Å²) in [5.41, 5.74) is 6.05. The fraction of sp³-hybridized carbons (Fsp3) is 0.111. The third kappa shape index (κ3) is 4.73. The molecule has 6 heteroatoms. The monoisotopic (exact) mass is 434 g/mol. The third-order valence-corrected chi connectivity index (χ3v) is 5.24. The Bertz CT molecular complexity index is 1340. The Morgan fingerprint density at radius 1 is 1.00 bits per heavy atom. The average Bonchev–Trinajstić information content (AvgIpc) is 2.83. The number of Topliss-reactive ketones (excluding diaryl/α,β-unsaturated/α-hetero) is 1. The van der Waals surface area contributed by atoms with Crippen LogP contribution in [0.2, 0.25) is 0 Å². The Morgan fingerprint density at radius 3 is 2.39 bits per heavy atom. The number of carbonyl (C=O) groups is 1. The maximum absolute atomic E-state index is 13.0. The standard InChI is InChI=1S/C27H22N4O2/c1-18-15-21(31(3)4)13-14-24(18)30-25-16-26(27(32)23-8-6-5-7-22(23)25)33-17-29-20-11-9-19(28-2)10-12-20/h5-17H,1,3-4H3. The molecule has 0 N–H and O–H groups in total. The summed E-state index contributed by atoms with van der Waals surface area (Å²) in [6, 6.07) is 20.2. The third-order valence-electron chi connectivity index (χ3n) is 5.24. The molecule has 0 radical (unpaired) electrons. The van der Waals surface area contributed by atoms with Crippen molar-refractivity contribution in [3.8, 4) is 0 Å². The normalized spacial score (nSPS) is 14.1. The van der Waals surface area contributed by atoms with E-state index in [1.54, 1.807) is 36.4 Å². The Kier molecular flexibility index (Phi) is 6.14. The van der Waals surface area contributed by atoms with Gasteiger partial charge in [-0.05, 0) is 42.8 Å². The van der Waals surface area contributed by atoms with Crippen LogP contribution in [0.5, 0.6) is 0 Å². The first-order valence-corrected chi connectivity index (χ1v) is 10.4. The molecule has 4 rings (SSSR count). The molecule has 3 aromatic rings. The van der Waals surface area contributed by atoms with Crippen LogP contribution < -0.4 is 4.90 Å². The lowest BCUT2D eigenvalue weighted by atomic mass is 9.93. The fourth-order valence-electron chi connectivity index (χ4n) is 3.41. The molecular weight excluding hydrogens is 412 g/mol. The summed E-state index contributed by atoms with van der Waals surface area (Å²) in [6.07, 6.45) is 2.89. The zero-order valence-corrected chi connectivity index (χ0v) is 18.6.